The monoisotopic (exact) mass is 315 g/mol. The Morgan fingerprint density at radius 3 is 2.35 bits per heavy atom. The predicted molar refractivity (Wildman–Crippen MR) is 83.7 cm³/mol. The Bertz CT molecular complexity index is 496. The highest BCUT2D eigenvalue weighted by molar-refractivity contribution is 7.89. The molecule has 1 aromatic carbocycles. The van der Waals surface area contributed by atoms with Crippen LogP contribution in [0.15, 0.2) is 30.3 Å². The average molecular weight is 316 g/mol. The van der Waals surface area contributed by atoms with E-state index in [1.165, 1.54) is 5.56 Å². The maximum atomic E-state index is 11.8. The summed E-state index contributed by atoms with van der Waals surface area (Å²) in [5.41, 5.74) is 1.37. The van der Waals surface area contributed by atoms with Crippen molar-refractivity contribution in [2.24, 2.45) is 0 Å². The standard InChI is InChI=1S/C15H22ClNO2S/c16-11-4-12-20(18,19)17-15-9-7-14(8-10-15)13-5-2-1-3-6-13/h1-3,5-6,14-15,17H,4,7-12H2. The normalized spacial score (nSPS) is 23.6. The number of sulfonamides is 1. The molecule has 0 heterocycles. The van der Waals surface area contributed by atoms with Crippen molar-refractivity contribution < 1.29 is 8.42 Å². The van der Waals surface area contributed by atoms with E-state index in [1.807, 2.05) is 6.07 Å². The fourth-order valence-electron chi connectivity index (χ4n) is 2.83. The van der Waals surface area contributed by atoms with Gasteiger partial charge in [-0.15, -0.1) is 11.6 Å². The molecular formula is C15H22ClNO2S. The number of halogens is 1. The van der Waals surface area contributed by atoms with Gasteiger partial charge in [0.15, 0.2) is 0 Å². The Hall–Kier alpha value is -0.580. The second-order valence-electron chi connectivity index (χ2n) is 5.44. The van der Waals surface area contributed by atoms with Gasteiger partial charge in [0, 0.05) is 11.9 Å². The minimum absolute atomic E-state index is 0.0929. The molecule has 0 radical (unpaired) electrons. The average Bonchev–Trinajstić information content (AvgIpc) is 2.46. The molecule has 1 fully saturated rings. The van der Waals surface area contributed by atoms with E-state index >= 15 is 0 Å². The van der Waals surface area contributed by atoms with Gasteiger partial charge in [-0.25, -0.2) is 13.1 Å². The van der Waals surface area contributed by atoms with Gasteiger partial charge in [0.05, 0.1) is 5.75 Å². The molecule has 5 heteroatoms. The number of hydrogen-bond donors (Lipinski definition) is 1. The van der Waals surface area contributed by atoms with Crippen LogP contribution in [-0.2, 0) is 10.0 Å². The first kappa shape index (κ1) is 15.8. The number of alkyl halides is 1. The van der Waals surface area contributed by atoms with Crippen molar-refractivity contribution in [2.75, 3.05) is 11.6 Å². The van der Waals surface area contributed by atoms with Crippen LogP contribution in [0, 0.1) is 0 Å². The smallest absolute Gasteiger partial charge is 0.211 e. The molecule has 0 unspecified atom stereocenters. The lowest BCUT2D eigenvalue weighted by Gasteiger charge is -2.29. The first-order valence-corrected chi connectivity index (χ1v) is 9.40. The van der Waals surface area contributed by atoms with E-state index in [9.17, 15) is 8.42 Å². The third kappa shape index (κ3) is 4.76. The lowest BCUT2D eigenvalue weighted by molar-refractivity contribution is 0.374. The molecule has 20 heavy (non-hydrogen) atoms. The minimum Gasteiger partial charge on any atom is -0.212 e. The first-order chi connectivity index (χ1) is 9.61. The minimum atomic E-state index is -3.16. The van der Waals surface area contributed by atoms with Gasteiger partial charge in [0.25, 0.3) is 0 Å². The fourth-order valence-corrected chi connectivity index (χ4v) is 4.51. The molecule has 1 aliphatic rings. The Balaban J connectivity index is 1.83. The molecule has 0 aliphatic heterocycles. The molecule has 0 amide bonds. The summed E-state index contributed by atoms with van der Waals surface area (Å²) in [6, 6.07) is 10.6. The van der Waals surface area contributed by atoms with Crippen LogP contribution in [-0.4, -0.2) is 26.1 Å². The third-order valence-corrected chi connectivity index (χ3v) is 5.68. The maximum absolute atomic E-state index is 11.8. The van der Waals surface area contributed by atoms with Crippen LogP contribution in [0.2, 0.25) is 0 Å². The fraction of sp³-hybridized carbons (Fsp3) is 0.600. The van der Waals surface area contributed by atoms with Crippen LogP contribution >= 0.6 is 11.6 Å². The molecule has 0 bridgehead atoms. The van der Waals surface area contributed by atoms with Gasteiger partial charge in [-0.3, -0.25) is 0 Å². The van der Waals surface area contributed by atoms with Crippen molar-refractivity contribution >= 4 is 21.6 Å². The van der Waals surface area contributed by atoms with Gasteiger partial charge in [0.2, 0.25) is 10.0 Å². The van der Waals surface area contributed by atoms with E-state index in [2.05, 4.69) is 29.0 Å². The highest BCUT2D eigenvalue weighted by Crippen LogP contribution is 2.32. The summed E-state index contributed by atoms with van der Waals surface area (Å²) in [6.45, 7) is 0. The highest BCUT2D eigenvalue weighted by Gasteiger charge is 2.25. The molecule has 0 atom stereocenters. The summed E-state index contributed by atoms with van der Waals surface area (Å²) in [5.74, 6) is 1.09. The predicted octanol–water partition coefficient (Wildman–Crippen LogP) is 3.26. The molecule has 3 nitrogen and oxygen atoms in total. The molecule has 112 valence electrons. The first-order valence-electron chi connectivity index (χ1n) is 7.21. The Morgan fingerprint density at radius 1 is 1.10 bits per heavy atom. The van der Waals surface area contributed by atoms with Crippen LogP contribution < -0.4 is 4.72 Å². The van der Waals surface area contributed by atoms with E-state index in [0.29, 0.717) is 18.2 Å². The van der Waals surface area contributed by atoms with Gasteiger partial charge in [-0.1, -0.05) is 30.3 Å². The van der Waals surface area contributed by atoms with Crippen LogP contribution in [0.5, 0.6) is 0 Å². The van der Waals surface area contributed by atoms with Crippen LogP contribution in [0.3, 0.4) is 0 Å². The lowest BCUT2D eigenvalue weighted by atomic mass is 9.82. The van der Waals surface area contributed by atoms with Gasteiger partial charge in [-0.2, -0.15) is 0 Å². The quantitative estimate of drug-likeness (QED) is 0.819. The summed E-state index contributed by atoms with van der Waals surface area (Å²) in [5, 5.41) is 0. The lowest BCUT2D eigenvalue weighted by Crippen LogP contribution is -2.38. The summed E-state index contributed by atoms with van der Waals surface area (Å²) in [7, 11) is -3.16. The van der Waals surface area contributed by atoms with Crippen LogP contribution in [0.1, 0.15) is 43.6 Å². The van der Waals surface area contributed by atoms with Crippen molar-refractivity contribution in [2.45, 2.75) is 44.1 Å². The van der Waals surface area contributed by atoms with Crippen molar-refractivity contribution in [3.63, 3.8) is 0 Å². The van der Waals surface area contributed by atoms with E-state index in [0.717, 1.165) is 25.7 Å². The summed E-state index contributed by atoms with van der Waals surface area (Å²) in [6.07, 6.45) is 4.44. The van der Waals surface area contributed by atoms with Gasteiger partial charge >= 0.3 is 0 Å². The van der Waals surface area contributed by atoms with Crippen LogP contribution in [0.4, 0.5) is 0 Å². The topological polar surface area (TPSA) is 46.2 Å². The number of benzene rings is 1. The number of hydrogen-bond acceptors (Lipinski definition) is 2. The molecular weight excluding hydrogens is 294 g/mol. The summed E-state index contributed by atoms with van der Waals surface area (Å²) in [4.78, 5) is 0. The van der Waals surface area contributed by atoms with Crippen molar-refractivity contribution in [3.05, 3.63) is 35.9 Å². The zero-order valence-corrected chi connectivity index (χ0v) is 13.2. The van der Waals surface area contributed by atoms with Crippen molar-refractivity contribution in [1.29, 1.82) is 0 Å². The van der Waals surface area contributed by atoms with Crippen molar-refractivity contribution in [3.8, 4) is 0 Å². The molecule has 1 aliphatic carbocycles. The Kier molecular flexibility index (Phi) is 5.87. The van der Waals surface area contributed by atoms with Gasteiger partial charge in [-0.05, 0) is 43.6 Å². The van der Waals surface area contributed by atoms with E-state index in [1.54, 1.807) is 0 Å². The van der Waals surface area contributed by atoms with Crippen LogP contribution in [0.25, 0.3) is 0 Å². The zero-order valence-electron chi connectivity index (χ0n) is 11.6. The SMILES string of the molecule is O=S(=O)(CCCCl)NC1CCC(c2ccccc2)CC1. The van der Waals surface area contributed by atoms with E-state index < -0.39 is 10.0 Å². The van der Waals surface area contributed by atoms with Gasteiger partial charge < -0.3 is 0 Å². The second-order valence-corrected chi connectivity index (χ2v) is 7.69. The summed E-state index contributed by atoms with van der Waals surface area (Å²) >= 11 is 5.55. The summed E-state index contributed by atoms with van der Waals surface area (Å²) < 4.78 is 26.5. The Labute approximate surface area is 126 Å². The van der Waals surface area contributed by atoms with Crippen molar-refractivity contribution in [1.82, 2.24) is 4.72 Å². The van der Waals surface area contributed by atoms with Gasteiger partial charge in [0.1, 0.15) is 0 Å². The molecule has 0 spiro atoms. The third-order valence-electron chi connectivity index (χ3n) is 3.89. The molecule has 1 N–H and O–H groups in total. The molecule has 2 rings (SSSR count). The zero-order chi connectivity index (χ0) is 14.4. The molecule has 1 aromatic rings. The largest absolute Gasteiger partial charge is 0.212 e. The molecule has 0 saturated heterocycles. The molecule has 0 aromatic heterocycles. The maximum Gasteiger partial charge on any atom is 0.211 e. The number of rotatable bonds is 6. The van der Waals surface area contributed by atoms with E-state index in [4.69, 9.17) is 11.6 Å². The second kappa shape index (κ2) is 7.43. The Morgan fingerprint density at radius 2 is 1.75 bits per heavy atom. The highest BCUT2D eigenvalue weighted by atomic mass is 35.5. The number of nitrogens with one attached hydrogen (secondary N) is 1. The van der Waals surface area contributed by atoms with E-state index in [-0.39, 0.29) is 11.8 Å². The molecule has 1 saturated carbocycles.